The highest BCUT2D eigenvalue weighted by Crippen LogP contribution is 2.48. The molecule has 0 bridgehead atoms. The number of hydrogen-bond acceptors (Lipinski definition) is 1. The normalized spacial score (nSPS) is 22.5. The molecule has 0 saturated carbocycles. The van der Waals surface area contributed by atoms with Crippen LogP contribution in [0.25, 0.3) is 5.57 Å². The van der Waals surface area contributed by atoms with Crippen molar-refractivity contribution in [2.24, 2.45) is 11.1 Å². The molecular formula is C15H14F3NO. The second-order valence-corrected chi connectivity index (χ2v) is 4.88. The van der Waals surface area contributed by atoms with Gasteiger partial charge in [0.2, 0.25) is 5.91 Å². The van der Waals surface area contributed by atoms with Crippen molar-refractivity contribution < 1.29 is 18.0 Å². The molecule has 1 aliphatic carbocycles. The number of allylic oxidation sites excluding steroid dienone is 3. The van der Waals surface area contributed by atoms with Crippen LogP contribution in [-0.2, 0) is 4.79 Å². The fraction of sp³-hybridized carbons (Fsp3) is 0.267. The Bertz CT molecular complexity index is 601. The first-order valence-corrected chi connectivity index (χ1v) is 6.09. The number of hydrogen-bond donors (Lipinski definition) is 1. The molecule has 2 rings (SSSR count). The lowest BCUT2D eigenvalue weighted by Gasteiger charge is -2.33. The molecule has 0 fully saturated rings. The Morgan fingerprint density at radius 3 is 2.50 bits per heavy atom. The Hall–Kier alpha value is -2.04. The third-order valence-corrected chi connectivity index (χ3v) is 3.58. The largest absolute Gasteiger partial charge is 0.406 e. The van der Waals surface area contributed by atoms with E-state index in [9.17, 15) is 18.0 Å². The fourth-order valence-corrected chi connectivity index (χ4v) is 2.37. The summed E-state index contributed by atoms with van der Waals surface area (Å²) >= 11 is 0. The topological polar surface area (TPSA) is 43.1 Å². The number of rotatable bonds is 2. The van der Waals surface area contributed by atoms with E-state index in [1.807, 2.05) is 19.1 Å². The van der Waals surface area contributed by atoms with E-state index >= 15 is 0 Å². The number of benzene rings is 1. The number of nitrogens with two attached hydrogens (primary N) is 1. The SMILES string of the molecule is Cc1ccccc1C1=CC=CC(C(N)=O)(C(F)(F)F)C1. The highest BCUT2D eigenvalue weighted by molar-refractivity contribution is 5.88. The molecule has 0 aliphatic heterocycles. The highest BCUT2D eigenvalue weighted by Gasteiger charge is 2.58. The summed E-state index contributed by atoms with van der Waals surface area (Å²) < 4.78 is 39.8. The molecule has 0 saturated heterocycles. The van der Waals surface area contributed by atoms with Crippen LogP contribution < -0.4 is 5.73 Å². The summed E-state index contributed by atoms with van der Waals surface area (Å²) in [6.07, 6.45) is -1.49. The average molecular weight is 281 g/mol. The molecule has 0 aromatic heterocycles. The lowest BCUT2D eigenvalue weighted by atomic mass is 9.75. The molecule has 1 unspecified atom stereocenters. The molecule has 1 atom stereocenters. The van der Waals surface area contributed by atoms with E-state index in [1.54, 1.807) is 18.2 Å². The van der Waals surface area contributed by atoms with Crippen molar-refractivity contribution in [3.8, 4) is 0 Å². The highest BCUT2D eigenvalue weighted by atomic mass is 19.4. The Morgan fingerprint density at radius 1 is 1.30 bits per heavy atom. The summed E-state index contributed by atoms with van der Waals surface area (Å²) in [5.41, 5.74) is 4.42. The Kier molecular flexibility index (Phi) is 3.46. The van der Waals surface area contributed by atoms with Gasteiger partial charge in [-0.3, -0.25) is 4.79 Å². The summed E-state index contributed by atoms with van der Waals surface area (Å²) in [5.74, 6) is -1.37. The number of primary amides is 1. The average Bonchev–Trinajstić information content (AvgIpc) is 2.38. The predicted molar refractivity (Wildman–Crippen MR) is 70.6 cm³/mol. The number of amides is 1. The number of carbonyl (C=O) groups excluding carboxylic acids is 1. The lowest BCUT2D eigenvalue weighted by molar-refractivity contribution is -0.204. The number of halogens is 3. The van der Waals surface area contributed by atoms with Gasteiger partial charge >= 0.3 is 6.18 Å². The summed E-state index contributed by atoms with van der Waals surface area (Å²) in [7, 11) is 0. The minimum Gasteiger partial charge on any atom is -0.369 e. The number of alkyl halides is 3. The van der Waals surface area contributed by atoms with Crippen molar-refractivity contribution in [1.29, 1.82) is 0 Å². The van der Waals surface area contributed by atoms with Crippen molar-refractivity contribution in [1.82, 2.24) is 0 Å². The van der Waals surface area contributed by atoms with E-state index in [1.165, 1.54) is 6.08 Å². The smallest absolute Gasteiger partial charge is 0.369 e. The Labute approximate surface area is 114 Å². The first-order chi connectivity index (χ1) is 9.28. The van der Waals surface area contributed by atoms with Crippen LogP contribution in [0.2, 0.25) is 0 Å². The minimum atomic E-state index is -4.71. The van der Waals surface area contributed by atoms with E-state index in [0.29, 0.717) is 11.1 Å². The third kappa shape index (κ3) is 2.24. The fourth-order valence-electron chi connectivity index (χ4n) is 2.37. The van der Waals surface area contributed by atoms with Crippen molar-refractivity contribution in [2.75, 3.05) is 0 Å². The minimum absolute atomic E-state index is 0.460. The molecule has 1 aromatic carbocycles. The van der Waals surface area contributed by atoms with E-state index in [0.717, 1.165) is 11.6 Å². The maximum absolute atomic E-state index is 13.3. The van der Waals surface area contributed by atoms with E-state index in [4.69, 9.17) is 5.73 Å². The van der Waals surface area contributed by atoms with E-state index in [-0.39, 0.29) is 0 Å². The molecule has 0 spiro atoms. The second kappa shape index (κ2) is 4.81. The van der Waals surface area contributed by atoms with Crippen LogP contribution in [0.4, 0.5) is 13.2 Å². The van der Waals surface area contributed by atoms with Crippen LogP contribution >= 0.6 is 0 Å². The van der Waals surface area contributed by atoms with E-state index in [2.05, 4.69) is 0 Å². The van der Waals surface area contributed by atoms with Crippen LogP contribution in [0.15, 0.2) is 42.5 Å². The summed E-state index contributed by atoms with van der Waals surface area (Å²) in [5, 5.41) is 0. The first kappa shape index (κ1) is 14.4. The van der Waals surface area contributed by atoms with Gasteiger partial charge in [0.05, 0.1) is 0 Å². The van der Waals surface area contributed by atoms with Crippen LogP contribution in [0.5, 0.6) is 0 Å². The summed E-state index contributed by atoms with van der Waals surface area (Å²) in [4.78, 5) is 11.4. The van der Waals surface area contributed by atoms with Gasteiger partial charge in [-0.1, -0.05) is 42.5 Å². The number of aryl methyl sites for hydroxylation is 1. The molecule has 5 heteroatoms. The van der Waals surface area contributed by atoms with Crippen molar-refractivity contribution in [2.45, 2.75) is 19.5 Å². The van der Waals surface area contributed by atoms with Gasteiger partial charge in [0.15, 0.2) is 5.41 Å². The second-order valence-electron chi connectivity index (χ2n) is 4.88. The quantitative estimate of drug-likeness (QED) is 0.887. The maximum atomic E-state index is 13.3. The van der Waals surface area contributed by atoms with Gasteiger partial charge in [0, 0.05) is 0 Å². The van der Waals surface area contributed by atoms with Gasteiger partial charge in [0.25, 0.3) is 0 Å². The van der Waals surface area contributed by atoms with Gasteiger partial charge in [-0.15, -0.1) is 0 Å². The summed E-state index contributed by atoms with van der Waals surface area (Å²) in [6, 6.07) is 7.11. The zero-order valence-corrected chi connectivity index (χ0v) is 10.9. The molecule has 1 aromatic rings. The lowest BCUT2D eigenvalue weighted by Crippen LogP contribution is -2.48. The van der Waals surface area contributed by atoms with Gasteiger partial charge in [-0.25, -0.2) is 0 Å². The molecule has 1 amide bonds. The Morgan fingerprint density at radius 2 is 1.95 bits per heavy atom. The molecule has 2 N–H and O–H groups in total. The third-order valence-electron chi connectivity index (χ3n) is 3.58. The van der Waals surface area contributed by atoms with Crippen LogP contribution in [0.3, 0.4) is 0 Å². The molecule has 1 aliphatic rings. The number of carbonyl (C=O) groups is 1. The molecule has 106 valence electrons. The monoisotopic (exact) mass is 281 g/mol. The van der Waals surface area contributed by atoms with Crippen LogP contribution in [0, 0.1) is 12.3 Å². The van der Waals surface area contributed by atoms with Gasteiger partial charge in [-0.2, -0.15) is 13.2 Å². The Balaban J connectivity index is 2.48. The summed E-state index contributed by atoms with van der Waals surface area (Å²) in [6.45, 7) is 1.81. The maximum Gasteiger partial charge on any atom is 0.406 e. The molecular weight excluding hydrogens is 267 g/mol. The molecule has 2 nitrogen and oxygen atoms in total. The molecule has 0 heterocycles. The van der Waals surface area contributed by atoms with Gasteiger partial charge in [0.1, 0.15) is 0 Å². The zero-order valence-electron chi connectivity index (χ0n) is 10.9. The van der Waals surface area contributed by atoms with Crippen LogP contribution in [-0.4, -0.2) is 12.1 Å². The van der Waals surface area contributed by atoms with E-state index < -0.39 is 23.9 Å². The van der Waals surface area contributed by atoms with Crippen LogP contribution in [0.1, 0.15) is 17.5 Å². The van der Waals surface area contributed by atoms with Crippen molar-refractivity contribution in [3.05, 3.63) is 53.6 Å². The van der Waals surface area contributed by atoms with Crippen molar-refractivity contribution in [3.63, 3.8) is 0 Å². The molecule has 0 radical (unpaired) electrons. The van der Waals surface area contributed by atoms with Gasteiger partial charge in [-0.05, 0) is 30.0 Å². The van der Waals surface area contributed by atoms with Crippen molar-refractivity contribution >= 4 is 11.5 Å². The molecule has 20 heavy (non-hydrogen) atoms. The predicted octanol–water partition coefficient (Wildman–Crippen LogP) is 3.37. The standard InChI is InChI=1S/C15H14F3NO/c1-10-5-2-3-7-12(10)11-6-4-8-14(9-11,13(19)20)15(16,17)18/h2-8H,9H2,1H3,(H2,19,20). The first-order valence-electron chi connectivity index (χ1n) is 6.09. The zero-order chi connectivity index (χ0) is 15.0. The van der Waals surface area contributed by atoms with Gasteiger partial charge < -0.3 is 5.73 Å².